The van der Waals surface area contributed by atoms with Crippen molar-refractivity contribution in [1.29, 1.82) is 0 Å². The van der Waals surface area contributed by atoms with Gasteiger partial charge in [-0.15, -0.1) is 0 Å². The summed E-state index contributed by atoms with van der Waals surface area (Å²) < 4.78 is 8.91. The quantitative estimate of drug-likeness (QED) is 0.209. The van der Waals surface area contributed by atoms with E-state index in [1.54, 1.807) is 0 Å². The van der Waals surface area contributed by atoms with Crippen LogP contribution >= 0.6 is 19.2 Å². The van der Waals surface area contributed by atoms with E-state index >= 15 is 0 Å². The molecule has 0 radical (unpaired) electrons. The van der Waals surface area contributed by atoms with E-state index in [0.717, 1.165) is 0 Å². The van der Waals surface area contributed by atoms with Crippen LogP contribution in [0.4, 0.5) is 0 Å². The highest BCUT2D eigenvalue weighted by Gasteiger charge is 2.34. The normalized spacial score (nSPS) is 18.6. The Balaban J connectivity index is 4.73. The Morgan fingerprint density at radius 2 is 2.07 bits per heavy atom. The number of carboxylic acids is 1. The highest BCUT2D eigenvalue weighted by Crippen LogP contribution is 2.39. The van der Waals surface area contributed by atoms with Crippen LogP contribution in [0, 0.1) is 5.21 Å². The molecule has 84 valence electrons. The Morgan fingerprint density at radius 1 is 1.64 bits per heavy atom. The van der Waals surface area contributed by atoms with E-state index in [-0.39, 0.29) is 0 Å². The van der Waals surface area contributed by atoms with E-state index in [4.69, 9.17) is 26.5 Å². The average molecular weight is 248 g/mol. The van der Waals surface area contributed by atoms with Crippen LogP contribution in [0.15, 0.2) is 0 Å². The third-order valence-corrected chi connectivity index (χ3v) is 2.68. The predicted molar refractivity (Wildman–Crippen MR) is 48.4 cm³/mol. The number of nitrogens with zero attached hydrogens (tertiary/aromatic N) is 1. The van der Waals surface area contributed by atoms with Crippen LogP contribution in [0.1, 0.15) is 6.92 Å². The third-order valence-electron chi connectivity index (χ3n) is 1.47. The lowest BCUT2D eigenvalue weighted by Gasteiger charge is -2.43. The van der Waals surface area contributed by atoms with Gasteiger partial charge in [0, 0.05) is 6.92 Å². The molecule has 9 heteroatoms. The molecule has 0 aromatic rings. The number of halogens is 1. The molecule has 0 saturated carbocycles. The van der Waals surface area contributed by atoms with Crippen molar-refractivity contribution in [2.75, 3.05) is 12.8 Å². The summed E-state index contributed by atoms with van der Waals surface area (Å²) >= 11 is 5.39. The fourth-order valence-corrected chi connectivity index (χ4v) is 2.03. The zero-order valence-electron chi connectivity index (χ0n) is 7.33. The van der Waals surface area contributed by atoms with Gasteiger partial charge in [-0.3, -0.25) is 4.57 Å². The minimum absolute atomic E-state index is 0.976. The molecule has 0 aliphatic carbocycles. The van der Waals surface area contributed by atoms with Gasteiger partial charge in [0.2, 0.25) is 0 Å². The van der Waals surface area contributed by atoms with Crippen molar-refractivity contribution in [2.24, 2.45) is 0 Å². The molecule has 2 unspecified atom stereocenters. The topological polar surface area (TPSA) is 118 Å². The van der Waals surface area contributed by atoms with Crippen LogP contribution in [-0.2, 0) is 9.36 Å². The number of quaternary nitrogens is 1. The smallest absolute Gasteiger partial charge is 0.379 e. The Bertz CT molecular complexity index is 265. The van der Waals surface area contributed by atoms with Gasteiger partial charge in [0.1, 0.15) is 0 Å². The summed E-state index contributed by atoms with van der Waals surface area (Å²) in [6.07, 6.45) is -1.13. The van der Waals surface area contributed by atoms with Crippen LogP contribution in [0.3, 0.4) is 0 Å². The standard InChI is InChI=1S/C5H11ClNO6P/c1-4(6)7(10,2-5(8)9)3-14(11,12)13/h4H,2-3H2,1H3,(H,8,9)(H2,11,12,13). The first kappa shape index (κ1) is 13.8. The van der Waals surface area contributed by atoms with Gasteiger partial charge in [0.15, 0.2) is 18.3 Å². The number of hydrogen-bond acceptors (Lipinski definition) is 3. The minimum Gasteiger partial charge on any atom is -0.631 e. The summed E-state index contributed by atoms with van der Waals surface area (Å²) in [6, 6.07) is 0. The van der Waals surface area contributed by atoms with E-state index in [2.05, 4.69) is 0 Å². The molecule has 0 saturated heterocycles. The molecule has 0 aliphatic heterocycles. The first-order valence-corrected chi connectivity index (χ1v) is 5.78. The monoisotopic (exact) mass is 247 g/mol. The van der Waals surface area contributed by atoms with Crippen molar-refractivity contribution < 1.29 is 28.9 Å². The molecule has 14 heavy (non-hydrogen) atoms. The molecular formula is C5H11ClNO6P. The number of rotatable bonds is 5. The van der Waals surface area contributed by atoms with Crippen molar-refractivity contribution >= 4 is 25.2 Å². The summed E-state index contributed by atoms with van der Waals surface area (Å²) in [5.74, 6) is -1.46. The first-order valence-electron chi connectivity index (χ1n) is 3.55. The maximum atomic E-state index is 11.6. The highest BCUT2D eigenvalue weighted by atomic mass is 35.5. The van der Waals surface area contributed by atoms with Gasteiger partial charge >= 0.3 is 13.6 Å². The second-order valence-electron chi connectivity index (χ2n) is 2.88. The molecule has 0 bridgehead atoms. The molecule has 2 atom stereocenters. The zero-order chi connectivity index (χ0) is 11.6. The van der Waals surface area contributed by atoms with Crippen molar-refractivity contribution in [3.63, 3.8) is 0 Å². The largest absolute Gasteiger partial charge is 0.631 e. The Hall–Kier alpha value is -0.170. The highest BCUT2D eigenvalue weighted by molar-refractivity contribution is 7.51. The van der Waals surface area contributed by atoms with Gasteiger partial charge in [0.25, 0.3) is 0 Å². The van der Waals surface area contributed by atoms with Gasteiger partial charge in [-0.1, -0.05) is 11.6 Å². The third kappa shape index (κ3) is 4.90. The first-order chi connectivity index (χ1) is 6.07. The van der Waals surface area contributed by atoms with E-state index in [0.29, 0.717) is 0 Å². The summed E-state index contributed by atoms with van der Waals surface area (Å²) in [6.45, 7) is 0.211. The van der Waals surface area contributed by atoms with Crippen LogP contribution < -0.4 is 0 Å². The number of aliphatic carboxylic acids is 1. The maximum absolute atomic E-state index is 11.6. The molecule has 0 heterocycles. The van der Waals surface area contributed by atoms with Gasteiger partial charge in [0.05, 0.1) is 0 Å². The van der Waals surface area contributed by atoms with Crippen LogP contribution in [-0.4, -0.2) is 43.8 Å². The second-order valence-corrected chi connectivity index (χ2v) is 5.13. The van der Waals surface area contributed by atoms with Crippen molar-refractivity contribution in [3.8, 4) is 0 Å². The van der Waals surface area contributed by atoms with E-state index in [1.807, 2.05) is 0 Å². The maximum Gasteiger partial charge on any atom is 0.379 e. The van der Waals surface area contributed by atoms with Crippen LogP contribution in [0.25, 0.3) is 0 Å². The SMILES string of the molecule is CC(Cl)[N+]([O-])(CC(=O)O)CP(=O)(O)O. The lowest BCUT2D eigenvalue weighted by molar-refractivity contribution is -0.872. The molecular weight excluding hydrogens is 236 g/mol. The summed E-state index contributed by atoms with van der Waals surface area (Å²) in [4.78, 5) is 27.4. The Labute approximate surface area is 85.2 Å². The molecule has 0 fully saturated rings. The van der Waals surface area contributed by atoms with Gasteiger partial charge in [-0.25, -0.2) is 4.79 Å². The second kappa shape index (κ2) is 4.57. The van der Waals surface area contributed by atoms with E-state index in [1.165, 1.54) is 6.92 Å². The summed E-state index contributed by atoms with van der Waals surface area (Å²) in [5.41, 5.74) is -1.24. The molecule has 0 aliphatic rings. The number of hydrogen-bond donors (Lipinski definition) is 3. The number of carbonyl (C=O) groups is 1. The van der Waals surface area contributed by atoms with Crippen LogP contribution in [0.5, 0.6) is 0 Å². The lowest BCUT2D eigenvalue weighted by Crippen LogP contribution is -2.50. The van der Waals surface area contributed by atoms with E-state index < -0.39 is 36.5 Å². The van der Waals surface area contributed by atoms with Gasteiger partial charge < -0.3 is 24.7 Å². The van der Waals surface area contributed by atoms with Crippen molar-refractivity contribution in [1.82, 2.24) is 0 Å². The number of alkyl halides is 1. The van der Waals surface area contributed by atoms with Gasteiger partial charge in [-0.2, -0.15) is 0 Å². The molecule has 3 N–H and O–H groups in total. The molecule has 0 rings (SSSR count). The fourth-order valence-electron chi connectivity index (χ4n) is 0.829. The molecule has 0 amide bonds. The molecule has 0 aromatic heterocycles. The van der Waals surface area contributed by atoms with Crippen molar-refractivity contribution in [2.45, 2.75) is 12.4 Å². The number of hydroxylamine groups is 3. The van der Waals surface area contributed by atoms with Gasteiger partial charge in [-0.05, 0) is 0 Å². The minimum atomic E-state index is -4.59. The Morgan fingerprint density at radius 3 is 2.29 bits per heavy atom. The summed E-state index contributed by atoms with van der Waals surface area (Å²) in [7, 11) is -4.59. The van der Waals surface area contributed by atoms with E-state index in [9.17, 15) is 14.6 Å². The predicted octanol–water partition coefficient (Wildman–Crippen LogP) is 0.106. The molecule has 0 aromatic carbocycles. The Kier molecular flexibility index (Phi) is 4.51. The molecule has 7 nitrogen and oxygen atoms in total. The van der Waals surface area contributed by atoms with Crippen LogP contribution in [0.2, 0.25) is 0 Å². The lowest BCUT2D eigenvalue weighted by atomic mass is 10.5. The fraction of sp³-hybridized carbons (Fsp3) is 0.800. The zero-order valence-corrected chi connectivity index (χ0v) is 8.98. The van der Waals surface area contributed by atoms with Crippen molar-refractivity contribution in [3.05, 3.63) is 5.21 Å². The summed E-state index contributed by atoms with van der Waals surface area (Å²) in [5, 5.41) is 19.9. The number of carboxylic acid groups (broad SMARTS) is 1. The molecule has 0 spiro atoms. The average Bonchev–Trinajstić information content (AvgIpc) is 1.79.